The van der Waals surface area contributed by atoms with Crippen LogP contribution in [0.2, 0.25) is 0 Å². The van der Waals surface area contributed by atoms with Crippen LogP contribution in [-0.4, -0.2) is 11.1 Å². The molecule has 0 rings (SSSR count). The average Bonchev–Trinajstić information content (AvgIpc) is 1.67. The summed E-state index contributed by atoms with van der Waals surface area (Å²) in [5.41, 5.74) is 4.91. The van der Waals surface area contributed by atoms with E-state index in [1.54, 1.807) is 0 Å². The van der Waals surface area contributed by atoms with E-state index in [9.17, 15) is 4.79 Å². The molecule has 4 heteroatoms. The standard InChI is InChI=1S/C5H9NO2.Ni/c1-2-3-4(6)5(7)8;/h3H,2,6H2,1H3,(H,7,8);. The Balaban J connectivity index is 0. The van der Waals surface area contributed by atoms with Gasteiger partial charge in [0, 0.05) is 16.5 Å². The molecule has 0 amide bonds. The molecule has 0 aromatic heterocycles. The van der Waals surface area contributed by atoms with Crippen LogP contribution in [0.4, 0.5) is 0 Å². The van der Waals surface area contributed by atoms with E-state index in [2.05, 4.69) is 0 Å². The number of hydrogen-bond acceptors (Lipinski definition) is 2. The summed E-state index contributed by atoms with van der Waals surface area (Å²) in [6, 6.07) is 0. The van der Waals surface area contributed by atoms with Gasteiger partial charge in [0.05, 0.1) is 0 Å². The first-order valence-electron chi connectivity index (χ1n) is 2.37. The summed E-state index contributed by atoms with van der Waals surface area (Å²) in [6.45, 7) is 1.83. The van der Waals surface area contributed by atoms with Crippen LogP contribution in [0.3, 0.4) is 0 Å². The Kier molecular flexibility index (Phi) is 7.09. The first-order chi connectivity index (χ1) is 3.68. The number of rotatable bonds is 2. The smallest absolute Gasteiger partial charge is 0.351 e. The summed E-state index contributed by atoms with van der Waals surface area (Å²) >= 11 is 0. The van der Waals surface area contributed by atoms with E-state index in [-0.39, 0.29) is 22.2 Å². The van der Waals surface area contributed by atoms with Gasteiger partial charge in [-0.3, -0.25) is 0 Å². The minimum absolute atomic E-state index is 0. The van der Waals surface area contributed by atoms with Crippen LogP contribution in [0.15, 0.2) is 11.8 Å². The monoisotopic (exact) mass is 173 g/mol. The largest absolute Gasteiger partial charge is 0.477 e. The maximum absolute atomic E-state index is 9.90. The van der Waals surface area contributed by atoms with Crippen LogP contribution in [-0.2, 0) is 21.3 Å². The van der Waals surface area contributed by atoms with Crippen molar-refractivity contribution in [2.75, 3.05) is 0 Å². The third kappa shape index (κ3) is 5.37. The number of allylic oxidation sites excluding steroid dienone is 1. The second-order valence-electron chi connectivity index (χ2n) is 1.37. The summed E-state index contributed by atoms with van der Waals surface area (Å²) in [4.78, 5) is 9.90. The predicted octanol–water partition coefficient (Wildman–Crippen LogP) is 0.321. The molecule has 0 aromatic carbocycles. The fraction of sp³-hybridized carbons (Fsp3) is 0.400. The van der Waals surface area contributed by atoms with Crippen molar-refractivity contribution < 1.29 is 26.4 Å². The van der Waals surface area contributed by atoms with Crippen molar-refractivity contribution in [2.24, 2.45) is 5.73 Å². The number of nitrogens with two attached hydrogens (primary N) is 1. The Labute approximate surface area is 63.9 Å². The van der Waals surface area contributed by atoms with Crippen molar-refractivity contribution in [3.05, 3.63) is 11.8 Å². The molecule has 0 aliphatic heterocycles. The molecule has 0 unspecified atom stereocenters. The molecule has 0 saturated carbocycles. The van der Waals surface area contributed by atoms with Gasteiger partial charge in [-0.25, -0.2) is 4.79 Å². The van der Waals surface area contributed by atoms with E-state index >= 15 is 0 Å². The Bertz CT molecular complexity index is 122. The van der Waals surface area contributed by atoms with E-state index < -0.39 is 5.97 Å². The summed E-state index contributed by atoms with van der Waals surface area (Å²) in [5.74, 6) is -1.05. The molecule has 0 radical (unpaired) electrons. The molecule has 9 heavy (non-hydrogen) atoms. The van der Waals surface area contributed by atoms with Crippen LogP contribution < -0.4 is 5.73 Å². The molecule has 3 N–H and O–H groups in total. The predicted molar refractivity (Wildman–Crippen MR) is 30.2 cm³/mol. The van der Waals surface area contributed by atoms with Gasteiger partial charge in [0.25, 0.3) is 0 Å². The first kappa shape index (κ1) is 11.3. The van der Waals surface area contributed by atoms with Gasteiger partial charge in [0.2, 0.25) is 0 Å². The van der Waals surface area contributed by atoms with Gasteiger partial charge in [0.1, 0.15) is 5.70 Å². The fourth-order valence-electron chi connectivity index (χ4n) is 0.307. The van der Waals surface area contributed by atoms with Crippen molar-refractivity contribution >= 4 is 5.97 Å². The normalized spacial score (nSPS) is 10.1. The van der Waals surface area contributed by atoms with Gasteiger partial charge >= 0.3 is 5.97 Å². The minimum atomic E-state index is -1.05. The zero-order valence-corrected chi connectivity index (χ0v) is 6.02. The van der Waals surface area contributed by atoms with E-state index in [1.807, 2.05) is 6.92 Å². The van der Waals surface area contributed by atoms with E-state index in [0.717, 1.165) is 0 Å². The number of aliphatic carboxylic acids is 1. The van der Waals surface area contributed by atoms with E-state index in [4.69, 9.17) is 10.8 Å². The zero-order valence-electron chi connectivity index (χ0n) is 5.03. The molecule has 0 aliphatic carbocycles. The molecule has 0 spiro atoms. The maximum atomic E-state index is 9.90. The Morgan fingerprint density at radius 3 is 2.33 bits per heavy atom. The molecule has 0 heterocycles. The van der Waals surface area contributed by atoms with E-state index in [0.29, 0.717) is 6.42 Å². The summed E-state index contributed by atoms with van der Waals surface area (Å²) in [7, 11) is 0. The van der Waals surface area contributed by atoms with Gasteiger partial charge in [0.15, 0.2) is 0 Å². The second-order valence-corrected chi connectivity index (χ2v) is 1.37. The van der Waals surface area contributed by atoms with Gasteiger partial charge in [-0.05, 0) is 6.42 Å². The van der Waals surface area contributed by atoms with Crippen LogP contribution >= 0.6 is 0 Å². The maximum Gasteiger partial charge on any atom is 0.351 e. The van der Waals surface area contributed by atoms with Gasteiger partial charge in [-0.1, -0.05) is 13.0 Å². The fourth-order valence-corrected chi connectivity index (χ4v) is 0.307. The minimum Gasteiger partial charge on any atom is -0.477 e. The topological polar surface area (TPSA) is 63.3 Å². The van der Waals surface area contributed by atoms with E-state index in [1.165, 1.54) is 6.08 Å². The summed E-state index contributed by atoms with van der Waals surface area (Å²) < 4.78 is 0. The molecule has 0 fully saturated rings. The third-order valence-corrected chi connectivity index (χ3v) is 0.671. The van der Waals surface area contributed by atoms with Gasteiger partial charge < -0.3 is 10.8 Å². The second kappa shape index (κ2) is 5.64. The van der Waals surface area contributed by atoms with Crippen molar-refractivity contribution in [3.8, 4) is 0 Å². The van der Waals surface area contributed by atoms with Gasteiger partial charge in [-0.2, -0.15) is 0 Å². The Hall–Kier alpha value is -0.496. The van der Waals surface area contributed by atoms with Crippen LogP contribution in [0.25, 0.3) is 0 Å². The Morgan fingerprint density at radius 2 is 2.22 bits per heavy atom. The van der Waals surface area contributed by atoms with Crippen LogP contribution in [0.1, 0.15) is 13.3 Å². The number of carbonyl (C=O) groups is 1. The van der Waals surface area contributed by atoms with Crippen molar-refractivity contribution in [1.29, 1.82) is 0 Å². The van der Waals surface area contributed by atoms with Crippen LogP contribution in [0, 0.1) is 0 Å². The summed E-state index contributed by atoms with van der Waals surface area (Å²) in [6.07, 6.45) is 2.13. The average molecular weight is 174 g/mol. The Morgan fingerprint density at radius 1 is 1.78 bits per heavy atom. The molecule has 56 valence electrons. The van der Waals surface area contributed by atoms with Crippen molar-refractivity contribution in [1.82, 2.24) is 0 Å². The third-order valence-electron chi connectivity index (χ3n) is 0.671. The zero-order chi connectivity index (χ0) is 6.57. The first-order valence-corrected chi connectivity index (χ1v) is 2.37. The number of hydrogen-bond donors (Lipinski definition) is 2. The SMILES string of the molecule is CCC=C(N)C(=O)O.[Ni]. The van der Waals surface area contributed by atoms with Gasteiger partial charge in [-0.15, -0.1) is 0 Å². The quantitative estimate of drug-likeness (QED) is 0.467. The molecule has 3 nitrogen and oxygen atoms in total. The van der Waals surface area contributed by atoms with Crippen molar-refractivity contribution in [2.45, 2.75) is 13.3 Å². The molecule has 0 aromatic rings. The molecular weight excluding hydrogens is 165 g/mol. The molecule has 0 saturated heterocycles. The number of carboxylic acids is 1. The van der Waals surface area contributed by atoms with Crippen molar-refractivity contribution in [3.63, 3.8) is 0 Å². The molecular formula is C5H9NNiO2. The molecule has 0 atom stereocenters. The molecule has 0 bridgehead atoms. The number of carboxylic acid groups (broad SMARTS) is 1. The summed E-state index contributed by atoms with van der Waals surface area (Å²) in [5, 5.41) is 8.12. The van der Waals surface area contributed by atoms with Crippen LogP contribution in [0.5, 0.6) is 0 Å². The molecule has 0 aliphatic rings.